The van der Waals surface area contributed by atoms with Crippen molar-refractivity contribution in [3.05, 3.63) is 40.4 Å². The normalized spacial score (nSPS) is 10.5. The molecule has 0 aliphatic rings. The van der Waals surface area contributed by atoms with Gasteiger partial charge in [-0.3, -0.25) is 0 Å². The molecule has 0 unspecified atom stereocenters. The molecule has 0 fully saturated rings. The lowest BCUT2D eigenvalue weighted by Gasteiger charge is -2.04. The first-order chi connectivity index (χ1) is 7.26. The van der Waals surface area contributed by atoms with Crippen molar-refractivity contribution in [3.63, 3.8) is 0 Å². The van der Waals surface area contributed by atoms with E-state index in [1.807, 2.05) is 0 Å². The van der Waals surface area contributed by atoms with E-state index in [-0.39, 0.29) is 6.61 Å². The monoisotopic (exact) mass is 206 g/mol. The minimum atomic E-state index is -0.430. The van der Waals surface area contributed by atoms with Crippen LogP contribution in [0.25, 0.3) is 10.8 Å². The van der Waals surface area contributed by atoms with Crippen molar-refractivity contribution in [2.45, 2.75) is 6.61 Å². The molecule has 0 spiro atoms. The maximum atomic E-state index is 11.4. The van der Waals surface area contributed by atoms with Crippen molar-refractivity contribution in [2.75, 3.05) is 7.11 Å². The lowest BCUT2D eigenvalue weighted by atomic mass is 10.1. The number of ether oxygens (including phenoxy) is 1. The second kappa shape index (κ2) is 3.74. The second-order valence-corrected chi connectivity index (χ2v) is 3.12. The highest BCUT2D eigenvalue weighted by molar-refractivity contribution is 5.85. The van der Waals surface area contributed by atoms with Gasteiger partial charge in [-0.05, 0) is 23.6 Å². The van der Waals surface area contributed by atoms with Gasteiger partial charge in [0.2, 0.25) is 0 Å². The third-order valence-electron chi connectivity index (χ3n) is 2.27. The van der Waals surface area contributed by atoms with Crippen LogP contribution in [0.5, 0.6) is 5.75 Å². The molecule has 15 heavy (non-hydrogen) atoms. The predicted molar refractivity (Wildman–Crippen MR) is 55.0 cm³/mol. The third-order valence-corrected chi connectivity index (χ3v) is 2.27. The molecule has 0 bridgehead atoms. The molecule has 0 radical (unpaired) electrons. The summed E-state index contributed by atoms with van der Waals surface area (Å²) in [7, 11) is 1.53. The first kappa shape index (κ1) is 9.73. The predicted octanol–water partition coefficient (Wildman–Crippen LogP) is 1.29. The first-order valence-electron chi connectivity index (χ1n) is 4.45. The molecule has 0 aliphatic carbocycles. The van der Waals surface area contributed by atoms with Gasteiger partial charge in [0, 0.05) is 5.56 Å². The number of benzene rings is 1. The average Bonchev–Trinajstić information content (AvgIpc) is 2.29. The second-order valence-electron chi connectivity index (χ2n) is 3.12. The molecule has 4 nitrogen and oxygen atoms in total. The van der Waals surface area contributed by atoms with Gasteiger partial charge in [-0.25, -0.2) is 4.79 Å². The van der Waals surface area contributed by atoms with Crippen molar-refractivity contribution >= 4 is 10.8 Å². The summed E-state index contributed by atoms with van der Waals surface area (Å²) < 4.78 is 9.80. The molecule has 0 aliphatic heterocycles. The highest BCUT2D eigenvalue weighted by Crippen LogP contribution is 2.20. The zero-order valence-corrected chi connectivity index (χ0v) is 8.19. The summed E-state index contributed by atoms with van der Waals surface area (Å²) in [6.07, 6.45) is 1.27. The smallest absolute Gasteiger partial charge is 0.343 e. The molecular formula is C11H10O4. The average molecular weight is 206 g/mol. The number of aliphatic hydroxyl groups is 1. The van der Waals surface area contributed by atoms with Crippen molar-refractivity contribution in [3.8, 4) is 5.75 Å². The Balaban J connectivity index is 2.81. The SMILES string of the molecule is COc1ccc2c(CO)coc(=O)c2c1. The van der Waals surface area contributed by atoms with Crippen LogP contribution >= 0.6 is 0 Å². The summed E-state index contributed by atoms with van der Waals surface area (Å²) in [5, 5.41) is 10.2. The number of rotatable bonds is 2. The summed E-state index contributed by atoms with van der Waals surface area (Å²) in [5.74, 6) is 0.588. The molecular weight excluding hydrogens is 196 g/mol. The molecule has 2 aromatic rings. The summed E-state index contributed by atoms with van der Waals surface area (Å²) in [6.45, 7) is -0.160. The van der Waals surface area contributed by atoms with Gasteiger partial charge in [-0.15, -0.1) is 0 Å². The van der Waals surface area contributed by atoms with Gasteiger partial charge in [0.05, 0.1) is 19.1 Å². The molecule has 78 valence electrons. The van der Waals surface area contributed by atoms with Crippen LogP contribution in [-0.2, 0) is 6.61 Å². The number of aliphatic hydroxyl groups excluding tert-OH is 1. The van der Waals surface area contributed by atoms with Crippen LogP contribution < -0.4 is 10.4 Å². The van der Waals surface area contributed by atoms with Crippen molar-refractivity contribution in [2.24, 2.45) is 0 Å². The van der Waals surface area contributed by atoms with Crippen molar-refractivity contribution in [1.82, 2.24) is 0 Å². The van der Waals surface area contributed by atoms with Gasteiger partial charge in [0.15, 0.2) is 0 Å². The third kappa shape index (κ3) is 1.59. The van der Waals surface area contributed by atoms with Crippen LogP contribution in [0.1, 0.15) is 5.56 Å². The molecule has 1 aromatic carbocycles. The Morgan fingerprint density at radius 3 is 2.87 bits per heavy atom. The van der Waals surface area contributed by atoms with Gasteiger partial charge in [-0.1, -0.05) is 0 Å². The molecule has 0 saturated carbocycles. The molecule has 0 amide bonds. The van der Waals surface area contributed by atoms with Gasteiger partial charge in [0.25, 0.3) is 0 Å². The Bertz CT molecular complexity index is 542. The fourth-order valence-corrected chi connectivity index (χ4v) is 1.47. The van der Waals surface area contributed by atoms with E-state index < -0.39 is 5.63 Å². The zero-order valence-electron chi connectivity index (χ0n) is 8.19. The summed E-state index contributed by atoms with van der Waals surface area (Å²) in [6, 6.07) is 5.07. The van der Waals surface area contributed by atoms with Crippen LogP contribution in [0.3, 0.4) is 0 Å². The van der Waals surface area contributed by atoms with Crippen LogP contribution in [0, 0.1) is 0 Å². The summed E-state index contributed by atoms with van der Waals surface area (Å²) in [4.78, 5) is 11.4. The molecule has 0 saturated heterocycles. The van der Waals surface area contributed by atoms with Crippen molar-refractivity contribution < 1.29 is 14.3 Å². The Labute approximate surface area is 85.7 Å². The quantitative estimate of drug-likeness (QED) is 0.804. The van der Waals surface area contributed by atoms with E-state index in [4.69, 9.17) is 14.3 Å². The lowest BCUT2D eigenvalue weighted by molar-refractivity contribution is 0.279. The van der Waals surface area contributed by atoms with Crippen LogP contribution in [0.2, 0.25) is 0 Å². The first-order valence-corrected chi connectivity index (χ1v) is 4.45. The largest absolute Gasteiger partial charge is 0.497 e. The van der Waals surface area contributed by atoms with E-state index in [9.17, 15) is 4.79 Å². The Kier molecular flexibility index (Phi) is 2.43. The maximum Gasteiger partial charge on any atom is 0.343 e. The lowest BCUT2D eigenvalue weighted by Crippen LogP contribution is -2.01. The van der Waals surface area contributed by atoms with Gasteiger partial charge in [-0.2, -0.15) is 0 Å². The minimum Gasteiger partial charge on any atom is -0.497 e. The van der Waals surface area contributed by atoms with E-state index in [1.165, 1.54) is 13.4 Å². The van der Waals surface area contributed by atoms with E-state index in [0.29, 0.717) is 22.1 Å². The Hall–Kier alpha value is -1.81. The zero-order chi connectivity index (χ0) is 10.8. The highest BCUT2D eigenvalue weighted by Gasteiger charge is 2.06. The molecule has 2 rings (SSSR count). The minimum absolute atomic E-state index is 0.160. The standard InChI is InChI=1S/C11H10O4/c1-14-8-2-3-9-7(5-12)6-15-11(13)10(9)4-8/h2-4,6,12H,5H2,1H3. The summed E-state index contributed by atoms with van der Waals surface area (Å²) in [5.41, 5.74) is 0.161. The molecule has 1 heterocycles. The van der Waals surface area contributed by atoms with Gasteiger partial charge in [0.1, 0.15) is 12.0 Å². The van der Waals surface area contributed by atoms with E-state index >= 15 is 0 Å². The molecule has 0 atom stereocenters. The topological polar surface area (TPSA) is 59.7 Å². The van der Waals surface area contributed by atoms with Gasteiger partial charge < -0.3 is 14.3 Å². The highest BCUT2D eigenvalue weighted by atomic mass is 16.5. The molecule has 4 heteroatoms. The number of fused-ring (bicyclic) bond motifs is 1. The van der Waals surface area contributed by atoms with Crippen LogP contribution in [-0.4, -0.2) is 12.2 Å². The van der Waals surface area contributed by atoms with Crippen LogP contribution in [0.4, 0.5) is 0 Å². The number of hydrogen-bond donors (Lipinski definition) is 1. The maximum absolute atomic E-state index is 11.4. The number of hydrogen-bond acceptors (Lipinski definition) is 4. The van der Waals surface area contributed by atoms with E-state index in [0.717, 1.165) is 0 Å². The summed E-state index contributed by atoms with van der Waals surface area (Å²) >= 11 is 0. The van der Waals surface area contributed by atoms with E-state index in [1.54, 1.807) is 18.2 Å². The van der Waals surface area contributed by atoms with Crippen LogP contribution in [0.15, 0.2) is 33.7 Å². The van der Waals surface area contributed by atoms with Crippen molar-refractivity contribution in [1.29, 1.82) is 0 Å². The number of methoxy groups -OCH3 is 1. The van der Waals surface area contributed by atoms with Gasteiger partial charge >= 0.3 is 5.63 Å². The molecule has 1 N–H and O–H groups in total. The fourth-order valence-electron chi connectivity index (χ4n) is 1.47. The fraction of sp³-hybridized carbons (Fsp3) is 0.182. The van der Waals surface area contributed by atoms with E-state index in [2.05, 4.69) is 0 Å². The molecule has 1 aromatic heterocycles. The Morgan fingerprint density at radius 1 is 1.40 bits per heavy atom. The Morgan fingerprint density at radius 2 is 2.20 bits per heavy atom.